The Bertz CT molecular complexity index is 425. The molecule has 1 saturated heterocycles. The molecule has 3 heteroatoms. The summed E-state index contributed by atoms with van der Waals surface area (Å²) in [6, 6.07) is 2.55. The van der Waals surface area contributed by atoms with Crippen molar-refractivity contribution in [3.8, 4) is 5.75 Å². The van der Waals surface area contributed by atoms with Crippen LogP contribution in [0, 0.1) is 13.8 Å². The summed E-state index contributed by atoms with van der Waals surface area (Å²) in [5, 5.41) is 4.43. The molecule has 0 aromatic heterocycles. The lowest BCUT2D eigenvalue weighted by Crippen LogP contribution is -2.35. The van der Waals surface area contributed by atoms with Crippen molar-refractivity contribution >= 4 is 11.6 Å². The highest BCUT2D eigenvalue weighted by Gasteiger charge is 2.19. The quantitative estimate of drug-likeness (QED) is 0.903. The molecule has 100 valence electrons. The molecule has 0 radical (unpaired) electrons. The zero-order valence-electron chi connectivity index (χ0n) is 11.5. The van der Waals surface area contributed by atoms with Gasteiger partial charge in [-0.3, -0.25) is 0 Å². The molecule has 1 aromatic carbocycles. The van der Waals surface area contributed by atoms with Gasteiger partial charge in [-0.25, -0.2) is 0 Å². The average Bonchev–Trinajstić information content (AvgIpc) is 2.37. The maximum atomic E-state index is 6.29. The minimum atomic E-state index is 0.559. The summed E-state index contributed by atoms with van der Waals surface area (Å²) >= 11 is 6.29. The van der Waals surface area contributed by atoms with Crippen LogP contribution in [0.5, 0.6) is 5.75 Å². The van der Waals surface area contributed by atoms with Crippen LogP contribution in [0.4, 0.5) is 0 Å². The van der Waals surface area contributed by atoms with Gasteiger partial charge in [-0.1, -0.05) is 18.0 Å². The Morgan fingerprint density at radius 2 is 2.17 bits per heavy atom. The first-order valence-corrected chi connectivity index (χ1v) is 7.07. The van der Waals surface area contributed by atoms with E-state index in [1.807, 2.05) is 6.07 Å². The summed E-state index contributed by atoms with van der Waals surface area (Å²) in [5.41, 5.74) is 3.55. The third kappa shape index (κ3) is 2.81. The molecule has 0 spiro atoms. The monoisotopic (exact) mass is 267 g/mol. The van der Waals surface area contributed by atoms with Crippen LogP contribution < -0.4 is 10.1 Å². The zero-order valence-corrected chi connectivity index (χ0v) is 12.2. The number of ether oxygens (including phenoxy) is 1. The molecule has 2 rings (SSSR count). The predicted molar refractivity (Wildman–Crippen MR) is 76.8 cm³/mol. The summed E-state index contributed by atoms with van der Waals surface area (Å²) < 4.78 is 5.57. The SMILES string of the molecule is COc1c(C)cc(Cl)c(C)c1CC1CCCCN1. The second kappa shape index (κ2) is 5.94. The first-order chi connectivity index (χ1) is 8.63. The lowest BCUT2D eigenvalue weighted by Gasteiger charge is -2.25. The van der Waals surface area contributed by atoms with Gasteiger partial charge >= 0.3 is 0 Å². The number of halogens is 1. The van der Waals surface area contributed by atoms with Gasteiger partial charge < -0.3 is 10.1 Å². The van der Waals surface area contributed by atoms with Crippen LogP contribution in [0.25, 0.3) is 0 Å². The number of hydrogen-bond acceptors (Lipinski definition) is 2. The third-order valence-corrected chi connectivity index (χ3v) is 4.25. The van der Waals surface area contributed by atoms with Crippen LogP contribution in [-0.2, 0) is 6.42 Å². The van der Waals surface area contributed by atoms with Crippen LogP contribution in [0.2, 0.25) is 5.02 Å². The van der Waals surface area contributed by atoms with E-state index >= 15 is 0 Å². The van der Waals surface area contributed by atoms with Crippen LogP contribution in [0.3, 0.4) is 0 Å². The topological polar surface area (TPSA) is 21.3 Å². The lowest BCUT2D eigenvalue weighted by atomic mass is 9.93. The van der Waals surface area contributed by atoms with Crippen molar-refractivity contribution in [2.24, 2.45) is 0 Å². The van der Waals surface area contributed by atoms with Crippen LogP contribution in [0.1, 0.15) is 36.0 Å². The molecule has 0 aliphatic carbocycles. The number of benzene rings is 1. The summed E-state index contributed by atoms with van der Waals surface area (Å²) in [4.78, 5) is 0. The second-order valence-corrected chi connectivity index (χ2v) is 5.57. The van der Waals surface area contributed by atoms with Crippen LogP contribution in [-0.4, -0.2) is 19.7 Å². The second-order valence-electron chi connectivity index (χ2n) is 5.16. The van der Waals surface area contributed by atoms with Crippen molar-refractivity contribution in [3.63, 3.8) is 0 Å². The van der Waals surface area contributed by atoms with E-state index in [9.17, 15) is 0 Å². The average molecular weight is 268 g/mol. The molecule has 0 saturated carbocycles. The molecule has 1 unspecified atom stereocenters. The van der Waals surface area contributed by atoms with Crippen molar-refractivity contribution in [2.45, 2.75) is 45.6 Å². The van der Waals surface area contributed by atoms with E-state index < -0.39 is 0 Å². The highest BCUT2D eigenvalue weighted by atomic mass is 35.5. The first kappa shape index (κ1) is 13.7. The van der Waals surface area contributed by atoms with Gasteiger partial charge in [0.05, 0.1) is 7.11 Å². The normalized spacial score (nSPS) is 19.9. The van der Waals surface area contributed by atoms with Crippen molar-refractivity contribution in [2.75, 3.05) is 13.7 Å². The Labute approximate surface area is 115 Å². The molecule has 1 fully saturated rings. The Hall–Kier alpha value is -0.730. The number of piperidine rings is 1. The number of rotatable bonds is 3. The van der Waals surface area contributed by atoms with Crippen molar-refractivity contribution < 1.29 is 4.74 Å². The van der Waals surface area contributed by atoms with E-state index in [-0.39, 0.29) is 0 Å². The van der Waals surface area contributed by atoms with Gasteiger partial charge in [0.15, 0.2) is 0 Å². The first-order valence-electron chi connectivity index (χ1n) is 6.69. The Morgan fingerprint density at radius 1 is 1.39 bits per heavy atom. The fraction of sp³-hybridized carbons (Fsp3) is 0.600. The van der Waals surface area contributed by atoms with Crippen LogP contribution in [0.15, 0.2) is 6.07 Å². The Balaban J connectivity index is 2.29. The summed E-state index contributed by atoms with van der Waals surface area (Å²) in [7, 11) is 1.74. The molecule has 0 bridgehead atoms. The molecule has 2 nitrogen and oxygen atoms in total. The number of hydrogen-bond donors (Lipinski definition) is 1. The van der Waals surface area contributed by atoms with E-state index in [4.69, 9.17) is 16.3 Å². The van der Waals surface area contributed by atoms with Gasteiger partial charge in [0.1, 0.15) is 5.75 Å². The van der Waals surface area contributed by atoms with Gasteiger partial charge in [0, 0.05) is 16.6 Å². The maximum absolute atomic E-state index is 6.29. The summed E-state index contributed by atoms with van der Waals surface area (Å²) in [6.45, 7) is 5.27. The Kier molecular flexibility index (Phi) is 4.52. The smallest absolute Gasteiger partial charge is 0.125 e. The minimum absolute atomic E-state index is 0.559. The maximum Gasteiger partial charge on any atom is 0.125 e. The highest BCUT2D eigenvalue weighted by molar-refractivity contribution is 6.31. The molecule has 1 aromatic rings. The van der Waals surface area contributed by atoms with Crippen molar-refractivity contribution in [3.05, 3.63) is 27.8 Å². The van der Waals surface area contributed by atoms with Crippen molar-refractivity contribution in [1.82, 2.24) is 5.32 Å². The molecule has 1 atom stereocenters. The predicted octanol–water partition coefficient (Wildman–Crippen LogP) is 3.65. The fourth-order valence-corrected chi connectivity index (χ4v) is 3.07. The largest absolute Gasteiger partial charge is 0.496 e. The van der Waals surface area contributed by atoms with Crippen LogP contribution >= 0.6 is 11.6 Å². The lowest BCUT2D eigenvalue weighted by molar-refractivity contribution is 0.379. The molecular weight excluding hydrogens is 246 g/mol. The molecule has 1 aliphatic rings. The molecule has 1 aliphatic heterocycles. The minimum Gasteiger partial charge on any atom is -0.496 e. The standard InChI is InChI=1S/C15H22ClNO/c1-10-8-14(16)11(2)13(15(10)18-3)9-12-6-4-5-7-17-12/h8,12,17H,4-7,9H2,1-3H3. The van der Waals surface area contributed by atoms with E-state index in [1.165, 1.54) is 24.8 Å². The number of methoxy groups -OCH3 is 1. The van der Waals surface area contributed by atoms with Gasteiger partial charge in [0.25, 0.3) is 0 Å². The van der Waals surface area contributed by atoms with Crippen molar-refractivity contribution in [1.29, 1.82) is 0 Å². The zero-order chi connectivity index (χ0) is 13.1. The molecule has 1 heterocycles. The highest BCUT2D eigenvalue weighted by Crippen LogP contribution is 2.33. The summed E-state index contributed by atoms with van der Waals surface area (Å²) in [5.74, 6) is 1.00. The number of aryl methyl sites for hydroxylation is 1. The molecular formula is C15H22ClNO. The summed E-state index contributed by atoms with van der Waals surface area (Å²) in [6.07, 6.45) is 4.87. The van der Waals surface area contributed by atoms with Gasteiger partial charge in [-0.15, -0.1) is 0 Å². The molecule has 1 N–H and O–H groups in total. The van der Waals surface area contributed by atoms with Gasteiger partial charge in [0.2, 0.25) is 0 Å². The van der Waals surface area contributed by atoms with E-state index in [0.29, 0.717) is 6.04 Å². The van der Waals surface area contributed by atoms with Gasteiger partial charge in [-0.05, 0) is 56.8 Å². The third-order valence-electron chi connectivity index (χ3n) is 3.85. The van der Waals surface area contributed by atoms with E-state index in [1.54, 1.807) is 7.11 Å². The number of nitrogens with one attached hydrogen (secondary N) is 1. The fourth-order valence-electron chi connectivity index (χ4n) is 2.79. The van der Waals surface area contributed by atoms with E-state index in [0.717, 1.165) is 34.9 Å². The molecule has 0 amide bonds. The van der Waals surface area contributed by atoms with Gasteiger partial charge in [-0.2, -0.15) is 0 Å². The Morgan fingerprint density at radius 3 is 2.78 bits per heavy atom. The molecule has 18 heavy (non-hydrogen) atoms. The van der Waals surface area contributed by atoms with E-state index in [2.05, 4.69) is 19.2 Å².